The Hall–Kier alpha value is -4.58. The Morgan fingerprint density at radius 3 is 1.08 bits per heavy atom. The van der Waals surface area contributed by atoms with E-state index < -0.39 is 12.2 Å². The quantitative estimate of drug-likeness (QED) is 0.355. The molecule has 0 heterocycles. The fourth-order valence-corrected chi connectivity index (χ4v) is 5.37. The Labute approximate surface area is 208 Å². The van der Waals surface area contributed by atoms with Gasteiger partial charge in [0.2, 0.25) is 0 Å². The molecular formula is C30H24N2O4. The molecular weight excluding hydrogens is 452 g/mol. The van der Waals surface area contributed by atoms with E-state index in [4.69, 9.17) is 9.47 Å². The first-order valence-electron chi connectivity index (χ1n) is 11.9. The zero-order chi connectivity index (χ0) is 24.5. The molecule has 0 unspecified atom stereocenters. The number of benzene rings is 4. The highest BCUT2D eigenvalue weighted by molar-refractivity contribution is 5.80. The maximum atomic E-state index is 12.3. The predicted octanol–water partition coefficient (Wildman–Crippen LogP) is 5.98. The molecule has 6 rings (SSSR count). The number of hydrogen-bond donors (Lipinski definition) is 2. The Balaban J connectivity index is 1.03. The van der Waals surface area contributed by atoms with Gasteiger partial charge >= 0.3 is 12.2 Å². The summed E-state index contributed by atoms with van der Waals surface area (Å²) in [7, 11) is 0. The van der Waals surface area contributed by atoms with E-state index in [1.165, 1.54) is 0 Å². The Morgan fingerprint density at radius 2 is 0.778 bits per heavy atom. The number of nitrogens with one attached hydrogen (secondary N) is 2. The predicted molar refractivity (Wildman–Crippen MR) is 136 cm³/mol. The molecule has 6 nitrogen and oxygen atoms in total. The van der Waals surface area contributed by atoms with Crippen LogP contribution >= 0.6 is 0 Å². The summed E-state index contributed by atoms with van der Waals surface area (Å²) in [6.45, 7) is 0.318. The van der Waals surface area contributed by atoms with Crippen LogP contribution in [0.5, 0.6) is 0 Å². The maximum Gasteiger partial charge on any atom is 0.426 e. The molecule has 0 aliphatic heterocycles. The molecule has 0 bridgehead atoms. The summed E-state index contributed by atoms with van der Waals surface area (Å²) in [4.78, 5) is 24.6. The first kappa shape index (κ1) is 21.9. The third-order valence-corrected chi connectivity index (χ3v) is 6.95. The van der Waals surface area contributed by atoms with E-state index in [2.05, 4.69) is 59.4 Å². The number of rotatable bonds is 4. The highest BCUT2D eigenvalue weighted by atomic mass is 16.6. The van der Waals surface area contributed by atoms with Gasteiger partial charge in [0.25, 0.3) is 0 Å². The molecule has 0 fully saturated rings. The highest BCUT2D eigenvalue weighted by Gasteiger charge is 2.30. The van der Waals surface area contributed by atoms with Crippen LogP contribution in [0.2, 0.25) is 0 Å². The third kappa shape index (κ3) is 3.86. The fourth-order valence-electron chi connectivity index (χ4n) is 5.37. The number of hydrogen-bond acceptors (Lipinski definition) is 4. The van der Waals surface area contributed by atoms with E-state index in [-0.39, 0.29) is 25.0 Å². The minimum Gasteiger partial charge on any atom is -0.447 e. The van der Waals surface area contributed by atoms with Gasteiger partial charge in [0, 0.05) is 11.8 Å². The van der Waals surface area contributed by atoms with Crippen molar-refractivity contribution in [2.75, 3.05) is 13.2 Å². The normalized spacial score (nSPS) is 13.2. The van der Waals surface area contributed by atoms with Crippen molar-refractivity contribution in [2.45, 2.75) is 11.8 Å². The number of hydrazine groups is 1. The number of carbonyl (C=O) groups excluding carboxylic acids is 2. The summed E-state index contributed by atoms with van der Waals surface area (Å²) in [6, 6.07) is 32.5. The van der Waals surface area contributed by atoms with Crippen molar-refractivity contribution in [3.8, 4) is 22.3 Å². The van der Waals surface area contributed by atoms with Crippen molar-refractivity contribution in [2.24, 2.45) is 0 Å². The Morgan fingerprint density at radius 1 is 0.500 bits per heavy atom. The summed E-state index contributed by atoms with van der Waals surface area (Å²) in [5.74, 6) is -0.116. The molecule has 0 spiro atoms. The van der Waals surface area contributed by atoms with Gasteiger partial charge in [-0.05, 0) is 44.5 Å². The monoisotopic (exact) mass is 476 g/mol. The largest absolute Gasteiger partial charge is 0.447 e. The van der Waals surface area contributed by atoms with Gasteiger partial charge in [0.05, 0.1) is 0 Å². The van der Waals surface area contributed by atoms with Crippen LogP contribution in [0.1, 0.15) is 34.1 Å². The van der Waals surface area contributed by atoms with E-state index in [0.717, 1.165) is 44.5 Å². The second kappa shape index (κ2) is 9.23. The standard InChI is InChI=1S/C30H24N2O4/c33-29(35-17-27-23-13-5-1-9-19(23)20-10-2-6-14-24(20)27)31-32-30(34)36-18-28-25-15-7-3-11-21(25)22-12-4-8-16-26(22)28/h1-16,27-28H,17-18H2,(H,31,33)(H,32,34). The Bertz CT molecular complexity index is 1260. The molecule has 0 atom stereocenters. The molecule has 4 aromatic rings. The number of ether oxygens (including phenoxy) is 2. The third-order valence-electron chi connectivity index (χ3n) is 6.95. The molecule has 0 saturated heterocycles. The first-order chi connectivity index (χ1) is 17.7. The zero-order valence-corrected chi connectivity index (χ0v) is 19.4. The van der Waals surface area contributed by atoms with Gasteiger partial charge < -0.3 is 9.47 Å². The number of carbonyl (C=O) groups is 2. The SMILES string of the molecule is O=C(NNC(=O)OCC1c2ccccc2-c2ccccc21)OCC1c2ccccc2-c2ccccc21. The van der Waals surface area contributed by atoms with Crippen molar-refractivity contribution in [3.63, 3.8) is 0 Å². The molecule has 178 valence electrons. The van der Waals surface area contributed by atoms with Crippen LogP contribution in [-0.2, 0) is 9.47 Å². The van der Waals surface area contributed by atoms with Gasteiger partial charge in [-0.15, -0.1) is 0 Å². The lowest BCUT2D eigenvalue weighted by molar-refractivity contribution is 0.121. The highest BCUT2D eigenvalue weighted by Crippen LogP contribution is 2.45. The molecule has 2 N–H and O–H groups in total. The van der Waals surface area contributed by atoms with Crippen molar-refractivity contribution >= 4 is 12.2 Å². The Kier molecular flexibility index (Phi) is 5.62. The average molecular weight is 477 g/mol. The van der Waals surface area contributed by atoms with Gasteiger partial charge in [-0.3, -0.25) is 0 Å². The summed E-state index contributed by atoms with van der Waals surface area (Å²) in [5, 5.41) is 0. The molecule has 4 aromatic carbocycles. The minimum absolute atomic E-state index is 0.0578. The lowest BCUT2D eigenvalue weighted by Gasteiger charge is -2.16. The topological polar surface area (TPSA) is 76.7 Å². The molecule has 6 heteroatoms. The molecule has 2 amide bonds. The van der Waals surface area contributed by atoms with E-state index in [9.17, 15) is 9.59 Å². The minimum atomic E-state index is -0.745. The maximum absolute atomic E-state index is 12.3. The van der Waals surface area contributed by atoms with Crippen LogP contribution in [0.4, 0.5) is 9.59 Å². The van der Waals surface area contributed by atoms with Gasteiger partial charge in [-0.25, -0.2) is 20.4 Å². The van der Waals surface area contributed by atoms with Crippen LogP contribution in [0.3, 0.4) is 0 Å². The smallest absolute Gasteiger partial charge is 0.426 e. The summed E-state index contributed by atoms with van der Waals surface area (Å²) in [6.07, 6.45) is -1.49. The van der Waals surface area contributed by atoms with Crippen molar-refractivity contribution in [1.29, 1.82) is 0 Å². The van der Waals surface area contributed by atoms with Crippen LogP contribution in [-0.4, -0.2) is 25.4 Å². The second-order valence-electron chi connectivity index (χ2n) is 8.90. The fraction of sp³-hybridized carbons (Fsp3) is 0.133. The lowest BCUT2D eigenvalue weighted by atomic mass is 9.98. The van der Waals surface area contributed by atoms with Crippen molar-refractivity contribution in [3.05, 3.63) is 119 Å². The molecule has 2 aliphatic rings. The molecule has 0 saturated carbocycles. The number of amides is 2. The average Bonchev–Trinajstić information content (AvgIpc) is 3.42. The molecule has 0 radical (unpaired) electrons. The van der Waals surface area contributed by atoms with E-state index >= 15 is 0 Å². The van der Waals surface area contributed by atoms with Crippen LogP contribution in [0, 0.1) is 0 Å². The summed E-state index contributed by atoms with van der Waals surface area (Å²) >= 11 is 0. The van der Waals surface area contributed by atoms with Crippen LogP contribution in [0.15, 0.2) is 97.1 Å². The molecule has 2 aliphatic carbocycles. The van der Waals surface area contributed by atoms with Crippen molar-refractivity contribution in [1.82, 2.24) is 10.9 Å². The summed E-state index contributed by atoms with van der Waals surface area (Å²) in [5.41, 5.74) is 13.7. The van der Waals surface area contributed by atoms with E-state index in [1.807, 2.05) is 48.5 Å². The van der Waals surface area contributed by atoms with Gasteiger partial charge in [-0.1, -0.05) is 97.1 Å². The van der Waals surface area contributed by atoms with Gasteiger partial charge in [0.15, 0.2) is 0 Å². The molecule has 0 aromatic heterocycles. The molecule has 36 heavy (non-hydrogen) atoms. The lowest BCUT2D eigenvalue weighted by Crippen LogP contribution is -2.42. The summed E-state index contributed by atoms with van der Waals surface area (Å²) < 4.78 is 10.9. The van der Waals surface area contributed by atoms with Gasteiger partial charge in [-0.2, -0.15) is 0 Å². The van der Waals surface area contributed by atoms with Crippen molar-refractivity contribution < 1.29 is 19.1 Å². The second-order valence-corrected chi connectivity index (χ2v) is 8.90. The van der Waals surface area contributed by atoms with E-state index in [1.54, 1.807) is 0 Å². The first-order valence-corrected chi connectivity index (χ1v) is 11.9. The van der Waals surface area contributed by atoms with Crippen LogP contribution < -0.4 is 10.9 Å². The van der Waals surface area contributed by atoms with Crippen LogP contribution in [0.25, 0.3) is 22.3 Å². The zero-order valence-electron chi connectivity index (χ0n) is 19.4. The van der Waals surface area contributed by atoms with E-state index in [0.29, 0.717) is 0 Å². The van der Waals surface area contributed by atoms with Gasteiger partial charge in [0.1, 0.15) is 13.2 Å². The number of fused-ring (bicyclic) bond motifs is 6.